The van der Waals surface area contributed by atoms with Crippen LogP contribution in [0, 0.1) is 11.8 Å². The minimum Gasteiger partial charge on any atom is -0.494 e. The lowest BCUT2D eigenvalue weighted by Gasteiger charge is -2.25. The molecule has 22 heavy (non-hydrogen) atoms. The largest absolute Gasteiger partial charge is 0.494 e. The van der Waals surface area contributed by atoms with Crippen molar-refractivity contribution in [2.24, 2.45) is 17.6 Å². The minimum absolute atomic E-state index is 0. The van der Waals surface area contributed by atoms with Crippen LogP contribution in [0.1, 0.15) is 31.7 Å². The van der Waals surface area contributed by atoms with Gasteiger partial charge < -0.3 is 15.4 Å². The third-order valence-corrected chi connectivity index (χ3v) is 4.34. The van der Waals surface area contributed by atoms with Crippen molar-refractivity contribution in [3.8, 4) is 5.75 Å². The number of para-hydroxylation sites is 1. The molecule has 0 saturated heterocycles. The summed E-state index contributed by atoms with van der Waals surface area (Å²) >= 11 is 0. The summed E-state index contributed by atoms with van der Waals surface area (Å²) in [7, 11) is 1.87. The van der Waals surface area contributed by atoms with E-state index in [0.29, 0.717) is 25.6 Å². The van der Waals surface area contributed by atoms with Gasteiger partial charge in [-0.3, -0.25) is 4.79 Å². The summed E-state index contributed by atoms with van der Waals surface area (Å²) in [6.45, 7) is 3.80. The number of benzene rings is 1. The molecular weight excluding hydrogens is 300 g/mol. The SMILES string of the molecule is CCOc1ccccc1CN(C)C(=O)[C@@H]1CCC[C@@H]1CN.Cl. The molecule has 2 atom stereocenters. The van der Waals surface area contributed by atoms with Crippen LogP contribution < -0.4 is 10.5 Å². The van der Waals surface area contributed by atoms with Crippen LogP contribution in [0.2, 0.25) is 0 Å². The lowest BCUT2D eigenvalue weighted by Crippen LogP contribution is -2.36. The summed E-state index contributed by atoms with van der Waals surface area (Å²) in [5, 5.41) is 0. The maximum Gasteiger partial charge on any atom is 0.226 e. The maximum absolute atomic E-state index is 12.6. The van der Waals surface area contributed by atoms with Gasteiger partial charge in [0.25, 0.3) is 0 Å². The zero-order chi connectivity index (χ0) is 15.2. The predicted molar refractivity (Wildman–Crippen MR) is 91.2 cm³/mol. The monoisotopic (exact) mass is 326 g/mol. The lowest BCUT2D eigenvalue weighted by molar-refractivity contribution is -0.135. The van der Waals surface area contributed by atoms with E-state index in [-0.39, 0.29) is 24.2 Å². The molecule has 1 fully saturated rings. The van der Waals surface area contributed by atoms with E-state index in [1.807, 2.05) is 43.1 Å². The summed E-state index contributed by atoms with van der Waals surface area (Å²) in [5.74, 6) is 1.53. The summed E-state index contributed by atoms with van der Waals surface area (Å²) < 4.78 is 5.63. The van der Waals surface area contributed by atoms with Gasteiger partial charge in [0.2, 0.25) is 5.91 Å². The number of hydrogen-bond donors (Lipinski definition) is 1. The highest BCUT2D eigenvalue weighted by molar-refractivity contribution is 5.85. The number of amides is 1. The normalized spacial score (nSPS) is 20.3. The van der Waals surface area contributed by atoms with Gasteiger partial charge in [-0.05, 0) is 38.3 Å². The quantitative estimate of drug-likeness (QED) is 0.874. The van der Waals surface area contributed by atoms with Gasteiger partial charge in [-0.15, -0.1) is 12.4 Å². The number of halogens is 1. The van der Waals surface area contributed by atoms with Crippen LogP contribution in [-0.4, -0.2) is 31.0 Å². The second-order valence-electron chi connectivity index (χ2n) is 5.77. The molecule has 1 aromatic rings. The van der Waals surface area contributed by atoms with Crippen LogP contribution in [0.4, 0.5) is 0 Å². The number of rotatable bonds is 6. The Labute approximate surface area is 139 Å². The molecule has 1 saturated carbocycles. The van der Waals surface area contributed by atoms with Crippen LogP contribution >= 0.6 is 12.4 Å². The predicted octanol–water partition coefficient (Wildman–Crippen LogP) is 2.84. The highest BCUT2D eigenvalue weighted by Gasteiger charge is 2.33. The number of carbonyl (C=O) groups excluding carboxylic acids is 1. The molecule has 0 spiro atoms. The van der Waals surface area contributed by atoms with Crippen LogP contribution in [0.3, 0.4) is 0 Å². The Morgan fingerprint density at radius 2 is 2.09 bits per heavy atom. The molecule has 124 valence electrons. The molecule has 0 unspecified atom stereocenters. The topological polar surface area (TPSA) is 55.6 Å². The summed E-state index contributed by atoms with van der Waals surface area (Å²) in [6.07, 6.45) is 3.16. The Morgan fingerprint density at radius 1 is 1.36 bits per heavy atom. The van der Waals surface area contributed by atoms with Gasteiger partial charge in [-0.25, -0.2) is 0 Å². The molecule has 0 aromatic heterocycles. The van der Waals surface area contributed by atoms with Crippen molar-refractivity contribution in [3.63, 3.8) is 0 Å². The molecule has 2 rings (SSSR count). The first-order valence-electron chi connectivity index (χ1n) is 7.83. The number of nitrogens with two attached hydrogens (primary N) is 1. The van der Waals surface area contributed by atoms with E-state index in [1.165, 1.54) is 0 Å². The van der Waals surface area contributed by atoms with E-state index < -0.39 is 0 Å². The van der Waals surface area contributed by atoms with Gasteiger partial charge in [0.15, 0.2) is 0 Å². The molecule has 2 N–H and O–H groups in total. The Hall–Kier alpha value is -1.26. The van der Waals surface area contributed by atoms with Gasteiger partial charge in [0, 0.05) is 25.1 Å². The fraction of sp³-hybridized carbons (Fsp3) is 0.588. The van der Waals surface area contributed by atoms with Gasteiger partial charge in [-0.2, -0.15) is 0 Å². The fourth-order valence-electron chi connectivity index (χ4n) is 3.19. The molecule has 0 aliphatic heterocycles. The first kappa shape index (κ1) is 18.8. The Kier molecular flexibility index (Phi) is 7.69. The van der Waals surface area contributed by atoms with Crippen molar-refractivity contribution in [2.75, 3.05) is 20.2 Å². The smallest absolute Gasteiger partial charge is 0.226 e. The zero-order valence-corrected chi connectivity index (χ0v) is 14.3. The van der Waals surface area contributed by atoms with Crippen LogP contribution in [0.5, 0.6) is 5.75 Å². The van der Waals surface area contributed by atoms with E-state index in [2.05, 4.69) is 0 Å². The Bertz CT molecular complexity index is 481. The molecule has 1 aromatic carbocycles. The van der Waals surface area contributed by atoms with Crippen molar-refractivity contribution in [2.45, 2.75) is 32.7 Å². The highest BCUT2D eigenvalue weighted by Crippen LogP contribution is 2.32. The maximum atomic E-state index is 12.6. The average molecular weight is 327 g/mol. The number of ether oxygens (including phenoxy) is 1. The van der Waals surface area contributed by atoms with Crippen LogP contribution in [0.25, 0.3) is 0 Å². The number of hydrogen-bond acceptors (Lipinski definition) is 3. The van der Waals surface area contributed by atoms with Crippen molar-refractivity contribution in [1.82, 2.24) is 4.90 Å². The molecular formula is C17H27ClN2O2. The van der Waals surface area contributed by atoms with Gasteiger partial charge in [0.1, 0.15) is 5.75 Å². The summed E-state index contributed by atoms with van der Waals surface area (Å²) in [5.41, 5.74) is 6.84. The van der Waals surface area contributed by atoms with Crippen LogP contribution in [-0.2, 0) is 11.3 Å². The molecule has 1 aliphatic carbocycles. The van der Waals surface area contributed by atoms with E-state index >= 15 is 0 Å². The third-order valence-electron chi connectivity index (χ3n) is 4.34. The second-order valence-corrected chi connectivity index (χ2v) is 5.77. The Morgan fingerprint density at radius 3 is 2.77 bits per heavy atom. The molecule has 5 heteroatoms. The zero-order valence-electron chi connectivity index (χ0n) is 13.5. The van der Waals surface area contributed by atoms with E-state index in [4.69, 9.17) is 10.5 Å². The Balaban J connectivity index is 0.00000242. The number of nitrogens with zero attached hydrogens (tertiary/aromatic N) is 1. The summed E-state index contributed by atoms with van der Waals surface area (Å²) in [4.78, 5) is 14.4. The van der Waals surface area contributed by atoms with Crippen LogP contribution in [0.15, 0.2) is 24.3 Å². The van der Waals surface area contributed by atoms with Crippen molar-refractivity contribution >= 4 is 18.3 Å². The van der Waals surface area contributed by atoms with Gasteiger partial charge in [-0.1, -0.05) is 24.6 Å². The van der Waals surface area contributed by atoms with E-state index in [1.54, 1.807) is 0 Å². The van der Waals surface area contributed by atoms with Gasteiger partial charge in [0.05, 0.1) is 6.61 Å². The minimum atomic E-state index is 0. The lowest BCUT2D eigenvalue weighted by atomic mass is 9.94. The standard InChI is InChI=1S/C17H26N2O2.ClH/c1-3-21-16-10-5-4-7-14(16)12-19(2)17(20)15-9-6-8-13(15)11-18;/h4-5,7,10,13,15H,3,6,8-9,11-12,18H2,1-2H3;1H/t13-,15-;/m1./s1. The van der Waals surface area contributed by atoms with Crippen molar-refractivity contribution in [1.29, 1.82) is 0 Å². The van der Waals surface area contributed by atoms with Crippen molar-refractivity contribution in [3.05, 3.63) is 29.8 Å². The van der Waals surface area contributed by atoms with E-state index in [9.17, 15) is 4.79 Å². The molecule has 0 radical (unpaired) electrons. The van der Waals surface area contributed by atoms with E-state index in [0.717, 1.165) is 30.6 Å². The van der Waals surface area contributed by atoms with Crippen molar-refractivity contribution < 1.29 is 9.53 Å². The fourth-order valence-corrected chi connectivity index (χ4v) is 3.19. The first-order valence-corrected chi connectivity index (χ1v) is 7.83. The molecule has 0 bridgehead atoms. The first-order chi connectivity index (χ1) is 10.2. The molecule has 4 nitrogen and oxygen atoms in total. The highest BCUT2D eigenvalue weighted by atomic mass is 35.5. The molecule has 1 aliphatic rings. The third kappa shape index (κ3) is 4.37. The summed E-state index contributed by atoms with van der Waals surface area (Å²) in [6, 6.07) is 7.91. The number of carbonyl (C=O) groups is 1. The van der Waals surface area contributed by atoms with Gasteiger partial charge >= 0.3 is 0 Å². The molecule has 0 heterocycles. The second kappa shape index (κ2) is 9.01. The molecule has 1 amide bonds. The average Bonchev–Trinajstić information content (AvgIpc) is 2.97.